The summed E-state index contributed by atoms with van der Waals surface area (Å²) in [6.07, 6.45) is 0.314. The number of thiazole rings is 1. The number of amides is 1. The SMILES string of the molecule is Cc1csc(=O)n1CCC(=O)NC(C)c1ccccc1. The fraction of sp³-hybridized carbons (Fsp3) is 0.333. The molecule has 20 heavy (non-hydrogen) atoms. The molecule has 1 unspecified atom stereocenters. The Morgan fingerprint density at radius 3 is 2.65 bits per heavy atom. The Kier molecular flexibility index (Phi) is 4.74. The molecule has 4 nitrogen and oxygen atoms in total. The van der Waals surface area contributed by atoms with Gasteiger partial charge in [-0.25, -0.2) is 0 Å². The number of benzene rings is 1. The maximum Gasteiger partial charge on any atom is 0.307 e. The molecule has 0 saturated heterocycles. The molecule has 0 fully saturated rings. The summed E-state index contributed by atoms with van der Waals surface area (Å²) in [5.74, 6) is -0.0427. The van der Waals surface area contributed by atoms with E-state index in [1.54, 1.807) is 4.57 Å². The second-order valence-electron chi connectivity index (χ2n) is 4.74. The highest BCUT2D eigenvalue weighted by Gasteiger charge is 2.10. The van der Waals surface area contributed by atoms with Crippen molar-refractivity contribution < 1.29 is 4.79 Å². The van der Waals surface area contributed by atoms with Gasteiger partial charge >= 0.3 is 4.87 Å². The number of carbonyl (C=O) groups excluding carboxylic acids is 1. The van der Waals surface area contributed by atoms with Crippen molar-refractivity contribution in [1.82, 2.24) is 9.88 Å². The van der Waals surface area contributed by atoms with Crippen LogP contribution in [-0.2, 0) is 11.3 Å². The Labute approximate surface area is 122 Å². The van der Waals surface area contributed by atoms with Gasteiger partial charge in [0.15, 0.2) is 0 Å². The van der Waals surface area contributed by atoms with E-state index in [0.717, 1.165) is 11.3 Å². The van der Waals surface area contributed by atoms with Gasteiger partial charge < -0.3 is 9.88 Å². The predicted octanol–water partition coefficient (Wildman–Crippen LogP) is 2.49. The van der Waals surface area contributed by atoms with E-state index >= 15 is 0 Å². The van der Waals surface area contributed by atoms with Crippen molar-refractivity contribution in [2.45, 2.75) is 32.9 Å². The van der Waals surface area contributed by atoms with Crippen molar-refractivity contribution in [1.29, 1.82) is 0 Å². The molecule has 1 heterocycles. The quantitative estimate of drug-likeness (QED) is 0.919. The third kappa shape index (κ3) is 3.57. The molecule has 1 atom stereocenters. The molecule has 5 heteroatoms. The van der Waals surface area contributed by atoms with E-state index in [2.05, 4.69) is 5.32 Å². The van der Waals surface area contributed by atoms with E-state index in [0.29, 0.717) is 13.0 Å². The second kappa shape index (κ2) is 6.52. The lowest BCUT2D eigenvalue weighted by atomic mass is 10.1. The van der Waals surface area contributed by atoms with Gasteiger partial charge in [-0.05, 0) is 19.4 Å². The lowest BCUT2D eigenvalue weighted by Crippen LogP contribution is -2.28. The van der Waals surface area contributed by atoms with E-state index in [-0.39, 0.29) is 16.8 Å². The Balaban J connectivity index is 1.89. The molecule has 1 aromatic heterocycles. The average Bonchev–Trinajstić information content (AvgIpc) is 2.77. The Bertz CT molecular complexity index is 631. The molecule has 0 aliphatic heterocycles. The lowest BCUT2D eigenvalue weighted by Gasteiger charge is -2.14. The molecule has 2 rings (SSSR count). The van der Waals surface area contributed by atoms with Crippen molar-refractivity contribution >= 4 is 17.2 Å². The second-order valence-corrected chi connectivity index (χ2v) is 5.57. The first kappa shape index (κ1) is 14.5. The van der Waals surface area contributed by atoms with Gasteiger partial charge in [-0.15, -0.1) is 0 Å². The molecular formula is C15H18N2O2S. The summed E-state index contributed by atoms with van der Waals surface area (Å²) in [5.41, 5.74) is 1.98. The largest absolute Gasteiger partial charge is 0.350 e. The normalized spacial score (nSPS) is 12.1. The van der Waals surface area contributed by atoms with Crippen molar-refractivity contribution in [2.24, 2.45) is 0 Å². The monoisotopic (exact) mass is 290 g/mol. The molecule has 0 aliphatic rings. The molecule has 106 valence electrons. The van der Waals surface area contributed by atoms with Crippen LogP contribution >= 0.6 is 11.3 Å². The van der Waals surface area contributed by atoms with Crippen LogP contribution in [0.25, 0.3) is 0 Å². The number of nitrogens with one attached hydrogen (secondary N) is 1. The number of rotatable bonds is 5. The highest BCUT2D eigenvalue weighted by Crippen LogP contribution is 2.11. The zero-order valence-corrected chi connectivity index (χ0v) is 12.4. The van der Waals surface area contributed by atoms with Gasteiger partial charge in [-0.2, -0.15) is 0 Å². The molecule has 2 aromatic rings. The van der Waals surface area contributed by atoms with Crippen LogP contribution in [-0.4, -0.2) is 10.5 Å². The number of aryl methyl sites for hydroxylation is 1. The molecule has 1 amide bonds. The van der Waals surface area contributed by atoms with Crippen molar-refractivity contribution in [3.05, 3.63) is 56.6 Å². The van der Waals surface area contributed by atoms with Crippen LogP contribution in [0.2, 0.25) is 0 Å². The fourth-order valence-corrected chi connectivity index (χ4v) is 2.79. The first-order chi connectivity index (χ1) is 9.58. The van der Waals surface area contributed by atoms with Crippen molar-refractivity contribution in [3.8, 4) is 0 Å². The van der Waals surface area contributed by atoms with Gasteiger partial charge in [0.05, 0.1) is 6.04 Å². The fourth-order valence-electron chi connectivity index (χ4n) is 2.03. The molecule has 1 N–H and O–H groups in total. The minimum atomic E-state index is -0.0427. The number of hydrogen-bond acceptors (Lipinski definition) is 3. The Morgan fingerprint density at radius 1 is 1.35 bits per heavy atom. The molecule has 0 spiro atoms. The topological polar surface area (TPSA) is 51.1 Å². The van der Waals surface area contributed by atoms with Gasteiger partial charge in [0.1, 0.15) is 0 Å². The van der Waals surface area contributed by atoms with E-state index in [1.165, 1.54) is 11.3 Å². The van der Waals surface area contributed by atoms with E-state index in [9.17, 15) is 9.59 Å². The van der Waals surface area contributed by atoms with E-state index < -0.39 is 0 Å². The highest BCUT2D eigenvalue weighted by atomic mass is 32.1. The molecular weight excluding hydrogens is 272 g/mol. The Hall–Kier alpha value is -1.88. The zero-order valence-electron chi connectivity index (χ0n) is 11.6. The molecule has 0 saturated carbocycles. The third-order valence-electron chi connectivity index (χ3n) is 3.22. The van der Waals surface area contributed by atoms with E-state index in [1.807, 2.05) is 49.6 Å². The molecule has 0 radical (unpaired) electrons. The van der Waals surface area contributed by atoms with Gasteiger partial charge in [0, 0.05) is 24.0 Å². The van der Waals surface area contributed by atoms with Gasteiger partial charge in [0.2, 0.25) is 5.91 Å². The number of aromatic nitrogens is 1. The standard InChI is InChI=1S/C15H18N2O2S/c1-11-10-20-15(19)17(11)9-8-14(18)16-12(2)13-6-4-3-5-7-13/h3-7,10,12H,8-9H2,1-2H3,(H,16,18). The summed E-state index contributed by atoms with van der Waals surface area (Å²) in [6, 6.07) is 9.79. The molecule has 0 aliphatic carbocycles. The van der Waals surface area contributed by atoms with Crippen molar-refractivity contribution in [3.63, 3.8) is 0 Å². The Morgan fingerprint density at radius 2 is 2.05 bits per heavy atom. The summed E-state index contributed by atoms with van der Waals surface area (Å²) < 4.78 is 1.64. The van der Waals surface area contributed by atoms with Crippen molar-refractivity contribution in [2.75, 3.05) is 0 Å². The number of hydrogen-bond donors (Lipinski definition) is 1. The summed E-state index contributed by atoms with van der Waals surface area (Å²) in [7, 11) is 0. The van der Waals surface area contributed by atoms with Crippen LogP contribution < -0.4 is 10.2 Å². The van der Waals surface area contributed by atoms with Crippen LogP contribution in [0.3, 0.4) is 0 Å². The maximum absolute atomic E-state index is 11.9. The summed E-state index contributed by atoms with van der Waals surface area (Å²) in [5, 5.41) is 4.76. The zero-order chi connectivity index (χ0) is 14.5. The minimum absolute atomic E-state index is 0.00796. The molecule has 0 bridgehead atoms. The van der Waals surface area contributed by atoms with E-state index in [4.69, 9.17) is 0 Å². The van der Waals surface area contributed by atoms with Crippen LogP contribution in [0.1, 0.15) is 30.6 Å². The predicted molar refractivity (Wildman–Crippen MR) is 80.9 cm³/mol. The minimum Gasteiger partial charge on any atom is -0.350 e. The third-order valence-corrected chi connectivity index (χ3v) is 4.10. The molecule has 1 aromatic carbocycles. The van der Waals surface area contributed by atoms with Crippen LogP contribution in [0, 0.1) is 6.92 Å². The maximum atomic E-state index is 11.9. The summed E-state index contributed by atoms with van der Waals surface area (Å²) in [6.45, 7) is 4.26. The summed E-state index contributed by atoms with van der Waals surface area (Å²) in [4.78, 5) is 23.5. The number of nitrogens with zero attached hydrogens (tertiary/aromatic N) is 1. The first-order valence-electron chi connectivity index (χ1n) is 6.57. The van der Waals surface area contributed by atoms with Gasteiger partial charge in [-0.3, -0.25) is 9.59 Å². The number of carbonyl (C=O) groups is 1. The van der Waals surface area contributed by atoms with Gasteiger partial charge in [-0.1, -0.05) is 41.7 Å². The van der Waals surface area contributed by atoms with Crippen LogP contribution in [0.4, 0.5) is 0 Å². The average molecular weight is 290 g/mol. The van der Waals surface area contributed by atoms with Crippen LogP contribution in [0.5, 0.6) is 0 Å². The van der Waals surface area contributed by atoms with Gasteiger partial charge in [0.25, 0.3) is 0 Å². The summed E-state index contributed by atoms with van der Waals surface area (Å²) >= 11 is 1.17. The first-order valence-corrected chi connectivity index (χ1v) is 7.45. The lowest BCUT2D eigenvalue weighted by molar-refractivity contribution is -0.121. The van der Waals surface area contributed by atoms with Crippen LogP contribution in [0.15, 0.2) is 40.5 Å². The highest BCUT2D eigenvalue weighted by molar-refractivity contribution is 7.07. The smallest absolute Gasteiger partial charge is 0.307 e.